The van der Waals surface area contributed by atoms with Crippen LogP contribution in [0.25, 0.3) is 0 Å². The average molecular weight is 279 g/mol. The fourth-order valence-electron chi connectivity index (χ4n) is 2.21. The van der Waals surface area contributed by atoms with Gasteiger partial charge in [0, 0.05) is 39.3 Å². The number of amides is 1. The van der Waals surface area contributed by atoms with Crippen molar-refractivity contribution in [3.05, 3.63) is 18.1 Å². The fraction of sp³-hybridized carbons (Fsp3) is 0.615. The van der Waals surface area contributed by atoms with E-state index < -0.39 is 0 Å². The molecule has 7 nitrogen and oxygen atoms in total. The molecule has 2 N–H and O–H groups in total. The Kier molecular flexibility index (Phi) is 5.25. The second-order valence-electron chi connectivity index (χ2n) is 4.68. The van der Waals surface area contributed by atoms with Gasteiger partial charge >= 0.3 is 0 Å². The van der Waals surface area contributed by atoms with Crippen LogP contribution in [0, 0.1) is 0 Å². The van der Waals surface area contributed by atoms with Gasteiger partial charge in [-0.1, -0.05) is 0 Å². The Bertz CT molecular complexity index is 446. The largest absolute Gasteiger partial charge is 0.395 e. The Hall–Kier alpha value is -1.73. The lowest BCUT2D eigenvalue weighted by Gasteiger charge is -2.34. The second-order valence-corrected chi connectivity index (χ2v) is 4.68. The van der Waals surface area contributed by atoms with Crippen molar-refractivity contribution in [1.29, 1.82) is 0 Å². The maximum Gasteiger partial charge on any atom is 0.274 e. The molecule has 7 heteroatoms. The van der Waals surface area contributed by atoms with Gasteiger partial charge in [-0.2, -0.15) is 0 Å². The van der Waals surface area contributed by atoms with Crippen LogP contribution in [0.1, 0.15) is 17.4 Å². The molecule has 0 radical (unpaired) electrons. The van der Waals surface area contributed by atoms with Gasteiger partial charge in [0.25, 0.3) is 5.91 Å². The normalized spacial score (nSPS) is 16.2. The predicted octanol–water partition coefficient (Wildman–Crippen LogP) is -0.341. The molecule has 1 aromatic heterocycles. The van der Waals surface area contributed by atoms with E-state index in [1.807, 2.05) is 6.92 Å². The van der Waals surface area contributed by atoms with Gasteiger partial charge in [0.05, 0.1) is 19.0 Å². The number of β-amino-alcohol motifs (C(OH)–C–C–N with tert-alkyl or cyclic N) is 1. The Morgan fingerprint density at radius 1 is 1.35 bits per heavy atom. The molecule has 0 saturated carbocycles. The number of hydrogen-bond donors (Lipinski definition) is 2. The molecule has 2 heterocycles. The van der Waals surface area contributed by atoms with Gasteiger partial charge in [0.2, 0.25) is 0 Å². The molecule has 1 aliphatic heterocycles. The minimum Gasteiger partial charge on any atom is -0.395 e. The summed E-state index contributed by atoms with van der Waals surface area (Å²) in [6, 6.07) is 0. The van der Waals surface area contributed by atoms with Crippen molar-refractivity contribution >= 4 is 11.7 Å². The van der Waals surface area contributed by atoms with E-state index in [0.717, 1.165) is 19.6 Å². The molecule has 1 saturated heterocycles. The van der Waals surface area contributed by atoms with E-state index >= 15 is 0 Å². The number of aromatic nitrogens is 2. The molecule has 1 aliphatic rings. The molecule has 1 fully saturated rings. The Morgan fingerprint density at radius 2 is 2.10 bits per heavy atom. The van der Waals surface area contributed by atoms with E-state index in [1.165, 1.54) is 6.20 Å². The summed E-state index contributed by atoms with van der Waals surface area (Å²) in [7, 11) is 0. The number of nitrogens with zero attached hydrogens (tertiary/aromatic N) is 4. The standard InChI is InChI=1S/C13H21N5O2/c1-2-15-12-10-14-9-11(16-12)13(20)18-5-3-17(4-6-18)7-8-19/h9-10,19H,2-8H2,1H3,(H,15,16). The fourth-order valence-corrected chi connectivity index (χ4v) is 2.21. The first kappa shape index (κ1) is 14.7. The smallest absolute Gasteiger partial charge is 0.274 e. The summed E-state index contributed by atoms with van der Waals surface area (Å²) in [5, 5.41) is 12.0. The van der Waals surface area contributed by atoms with Gasteiger partial charge in [-0.05, 0) is 6.92 Å². The van der Waals surface area contributed by atoms with Crippen molar-refractivity contribution < 1.29 is 9.90 Å². The first-order valence-electron chi connectivity index (χ1n) is 6.93. The highest BCUT2D eigenvalue weighted by Crippen LogP contribution is 2.08. The maximum atomic E-state index is 12.3. The highest BCUT2D eigenvalue weighted by molar-refractivity contribution is 5.92. The maximum absolute atomic E-state index is 12.3. The first-order valence-corrected chi connectivity index (χ1v) is 6.93. The van der Waals surface area contributed by atoms with Crippen LogP contribution in [0.2, 0.25) is 0 Å². The van der Waals surface area contributed by atoms with Gasteiger partial charge in [0.1, 0.15) is 11.5 Å². The second kappa shape index (κ2) is 7.16. The molecule has 0 bridgehead atoms. The van der Waals surface area contributed by atoms with E-state index in [1.54, 1.807) is 11.1 Å². The Morgan fingerprint density at radius 3 is 2.75 bits per heavy atom. The average Bonchev–Trinajstić information content (AvgIpc) is 2.48. The van der Waals surface area contributed by atoms with Gasteiger partial charge < -0.3 is 15.3 Å². The lowest BCUT2D eigenvalue weighted by molar-refractivity contribution is 0.0609. The first-order chi connectivity index (χ1) is 9.74. The lowest BCUT2D eigenvalue weighted by atomic mass is 10.3. The minimum atomic E-state index is -0.0825. The minimum absolute atomic E-state index is 0.0825. The molecule has 0 atom stereocenters. The Balaban J connectivity index is 1.96. The number of piperazine rings is 1. The van der Waals surface area contributed by atoms with Crippen LogP contribution in [0.15, 0.2) is 12.4 Å². The van der Waals surface area contributed by atoms with Crippen molar-refractivity contribution in [2.45, 2.75) is 6.92 Å². The zero-order chi connectivity index (χ0) is 14.4. The van der Waals surface area contributed by atoms with Crippen LogP contribution in [0.4, 0.5) is 5.82 Å². The molecule has 20 heavy (non-hydrogen) atoms. The summed E-state index contributed by atoms with van der Waals surface area (Å²) in [6.07, 6.45) is 3.11. The van der Waals surface area contributed by atoms with Crippen LogP contribution in [0.5, 0.6) is 0 Å². The monoisotopic (exact) mass is 279 g/mol. The van der Waals surface area contributed by atoms with Crippen LogP contribution in [-0.4, -0.2) is 76.7 Å². The van der Waals surface area contributed by atoms with Gasteiger partial charge in [-0.3, -0.25) is 14.7 Å². The molecule has 1 aromatic rings. The van der Waals surface area contributed by atoms with Crippen LogP contribution >= 0.6 is 0 Å². The summed E-state index contributed by atoms with van der Waals surface area (Å²) in [6.45, 7) is 6.42. The van der Waals surface area contributed by atoms with E-state index in [9.17, 15) is 4.79 Å². The van der Waals surface area contributed by atoms with Crippen molar-refractivity contribution in [1.82, 2.24) is 19.8 Å². The van der Waals surface area contributed by atoms with E-state index in [2.05, 4.69) is 20.2 Å². The molecule has 0 aliphatic carbocycles. The number of aliphatic hydroxyl groups is 1. The van der Waals surface area contributed by atoms with Crippen molar-refractivity contribution in [2.24, 2.45) is 0 Å². The number of carbonyl (C=O) groups is 1. The highest BCUT2D eigenvalue weighted by Gasteiger charge is 2.22. The number of carbonyl (C=O) groups excluding carboxylic acids is 1. The molecular formula is C13H21N5O2. The van der Waals surface area contributed by atoms with Crippen LogP contribution in [0.3, 0.4) is 0 Å². The number of nitrogens with one attached hydrogen (secondary N) is 1. The van der Waals surface area contributed by atoms with Gasteiger partial charge in [0.15, 0.2) is 0 Å². The highest BCUT2D eigenvalue weighted by atomic mass is 16.3. The van der Waals surface area contributed by atoms with E-state index in [4.69, 9.17) is 5.11 Å². The summed E-state index contributed by atoms with van der Waals surface area (Å²) < 4.78 is 0. The molecule has 0 unspecified atom stereocenters. The number of aliphatic hydroxyl groups excluding tert-OH is 1. The van der Waals surface area contributed by atoms with Crippen LogP contribution in [-0.2, 0) is 0 Å². The third-order valence-electron chi connectivity index (χ3n) is 3.29. The van der Waals surface area contributed by atoms with E-state index in [-0.39, 0.29) is 12.5 Å². The van der Waals surface area contributed by atoms with Gasteiger partial charge in [-0.15, -0.1) is 0 Å². The predicted molar refractivity (Wildman–Crippen MR) is 75.6 cm³/mol. The van der Waals surface area contributed by atoms with Gasteiger partial charge in [-0.25, -0.2) is 4.98 Å². The topological polar surface area (TPSA) is 81.6 Å². The zero-order valence-corrected chi connectivity index (χ0v) is 11.7. The summed E-state index contributed by atoms with van der Waals surface area (Å²) >= 11 is 0. The number of anilines is 1. The SMILES string of the molecule is CCNc1cncc(C(=O)N2CCN(CCO)CC2)n1. The Labute approximate surface area is 118 Å². The summed E-state index contributed by atoms with van der Waals surface area (Å²) in [4.78, 5) is 24.6. The number of rotatable bonds is 5. The third kappa shape index (κ3) is 3.64. The quantitative estimate of drug-likeness (QED) is 0.767. The molecule has 0 spiro atoms. The zero-order valence-electron chi connectivity index (χ0n) is 11.7. The summed E-state index contributed by atoms with van der Waals surface area (Å²) in [5.41, 5.74) is 0.374. The van der Waals surface area contributed by atoms with E-state index in [0.29, 0.717) is 31.1 Å². The van der Waals surface area contributed by atoms with Crippen molar-refractivity contribution in [2.75, 3.05) is 51.2 Å². The molecule has 1 amide bonds. The van der Waals surface area contributed by atoms with Crippen molar-refractivity contribution in [3.63, 3.8) is 0 Å². The molecule has 110 valence electrons. The number of hydrogen-bond acceptors (Lipinski definition) is 6. The molecule has 2 rings (SSSR count). The van der Waals surface area contributed by atoms with Crippen molar-refractivity contribution in [3.8, 4) is 0 Å². The summed E-state index contributed by atoms with van der Waals surface area (Å²) in [5.74, 6) is 0.540. The lowest BCUT2D eigenvalue weighted by Crippen LogP contribution is -2.49. The molecule has 0 aromatic carbocycles. The molecular weight excluding hydrogens is 258 g/mol. The third-order valence-corrected chi connectivity index (χ3v) is 3.29. The van der Waals surface area contributed by atoms with Crippen LogP contribution < -0.4 is 5.32 Å².